The number of benzene rings is 1. The van der Waals surface area contributed by atoms with Crippen LogP contribution >= 0.6 is 0 Å². The minimum Gasteiger partial charge on any atom is -0.494 e. The van der Waals surface area contributed by atoms with Gasteiger partial charge in [-0.05, 0) is 52.2 Å². The lowest BCUT2D eigenvalue weighted by Crippen LogP contribution is -2.52. The normalized spacial score (nSPS) is 14.0. The van der Waals surface area contributed by atoms with Gasteiger partial charge >= 0.3 is 5.97 Å². The summed E-state index contributed by atoms with van der Waals surface area (Å²) in [5.74, 6) is 0.0592. The van der Waals surface area contributed by atoms with Gasteiger partial charge in [0.1, 0.15) is 11.3 Å². The average Bonchev–Trinajstić information content (AvgIpc) is 2.38. The van der Waals surface area contributed by atoms with Crippen LogP contribution in [0.15, 0.2) is 30.3 Å². The van der Waals surface area contributed by atoms with Gasteiger partial charge in [-0.2, -0.15) is 0 Å². The minimum absolute atomic E-state index is 0.150. The number of hydrogen-bond acceptors (Lipinski definition) is 3. The van der Waals surface area contributed by atoms with Crippen LogP contribution in [0.5, 0.6) is 5.75 Å². The van der Waals surface area contributed by atoms with Crippen LogP contribution in [0.1, 0.15) is 40.0 Å². The van der Waals surface area contributed by atoms with E-state index in [1.54, 1.807) is 6.92 Å². The molecule has 0 amide bonds. The van der Waals surface area contributed by atoms with E-state index in [9.17, 15) is 9.90 Å². The van der Waals surface area contributed by atoms with E-state index in [1.165, 1.54) is 0 Å². The summed E-state index contributed by atoms with van der Waals surface area (Å²) in [4.78, 5) is 11.3. The van der Waals surface area contributed by atoms with E-state index in [-0.39, 0.29) is 6.04 Å². The molecular weight excluding hydrogens is 254 g/mol. The third-order valence-electron chi connectivity index (χ3n) is 3.16. The van der Waals surface area contributed by atoms with Crippen molar-refractivity contribution < 1.29 is 14.6 Å². The summed E-state index contributed by atoms with van der Waals surface area (Å²) in [6.45, 7) is 6.27. The molecule has 4 heteroatoms. The molecule has 1 aromatic carbocycles. The smallest absolute Gasteiger partial charge is 0.323 e. The fourth-order valence-electron chi connectivity index (χ4n) is 2.17. The Morgan fingerprint density at radius 2 is 1.95 bits per heavy atom. The molecule has 0 aliphatic carbocycles. The lowest BCUT2D eigenvalue weighted by Gasteiger charge is -2.28. The zero-order valence-corrected chi connectivity index (χ0v) is 12.6. The number of nitrogens with one attached hydrogen (secondary N) is 1. The summed E-state index contributed by atoms with van der Waals surface area (Å²) in [5, 5.41) is 12.4. The van der Waals surface area contributed by atoms with Gasteiger partial charge in [0.2, 0.25) is 0 Å². The Bertz CT molecular complexity index is 405. The Labute approximate surface area is 121 Å². The predicted molar refractivity (Wildman–Crippen MR) is 80.1 cm³/mol. The van der Waals surface area contributed by atoms with Gasteiger partial charge in [-0.1, -0.05) is 18.2 Å². The summed E-state index contributed by atoms with van der Waals surface area (Å²) < 4.78 is 5.59. The molecule has 2 N–H and O–H groups in total. The van der Waals surface area contributed by atoms with Crippen LogP contribution in [0, 0.1) is 0 Å². The predicted octanol–water partition coefficient (Wildman–Crippen LogP) is 3.08. The van der Waals surface area contributed by atoms with Crippen molar-refractivity contribution in [3.63, 3.8) is 0 Å². The molecule has 1 atom stereocenters. The van der Waals surface area contributed by atoms with Crippen molar-refractivity contribution in [2.24, 2.45) is 0 Å². The molecule has 0 aromatic heterocycles. The molecule has 1 rings (SSSR count). The molecule has 0 aliphatic heterocycles. The van der Waals surface area contributed by atoms with Crippen LogP contribution in [0.3, 0.4) is 0 Å². The fraction of sp³-hybridized carbons (Fsp3) is 0.562. The number of ether oxygens (including phenoxy) is 1. The molecule has 1 aromatic rings. The van der Waals surface area contributed by atoms with E-state index in [1.807, 2.05) is 44.2 Å². The highest BCUT2D eigenvalue weighted by Gasteiger charge is 2.32. The lowest BCUT2D eigenvalue weighted by atomic mass is 9.94. The molecule has 0 saturated heterocycles. The maximum Gasteiger partial charge on any atom is 0.323 e. The first-order valence-electron chi connectivity index (χ1n) is 7.13. The van der Waals surface area contributed by atoms with Gasteiger partial charge in [0, 0.05) is 6.04 Å². The molecule has 0 bridgehead atoms. The summed E-state index contributed by atoms with van der Waals surface area (Å²) in [5.41, 5.74) is -0.860. The molecule has 20 heavy (non-hydrogen) atoms. The van der Waals surface area contributed by atoms with Crippen LogP contribution in [0.4, 0.5) is 0 Å². The van der Waals surface area contributed by atoms with Gasteiger partial charge in [-0.25, -0.2) is 0 Å². The lowest BCUT2D eigenvalue weighted by molar-refractivity contribution is -0.144. The Morgan fingerprint density at radius 1 is 1.30 bits per heavy atom. The molecule has 0 radical (unpaired) electrons. The van der Waals surface area contributed by atoms with Crippen molar-refractivity contribution in [1.29, 1.82) is 0 Å². The van der Waals surface area contributed by atoms with E-state index >= 15 is 0 Å². The number of aliphatic carboxylic acids is 1. The molecule has 0 fully saturated rings. The number of carboxylic acid groups (broad SMARTS) is 1. The van der Waals surface area contributed by atoms with Crippen molar-refractivity contribution in [3.8, 4) is 5.75 Å². The molecule has 0 saturated carbocycles. The van der Waals surface area contributed by atoms with E-state index in [0.29, 0.717) is 13.0 Å². The minimum atomic E-state index is -0.860. The number of rotatable bonds is 9. The van der Waals surface area contributed by atoms with Crippen molar-refractivity contribution in [2.75, 3.05) is 6.61 Å². The number of para-hydroxylation sites is 1. The molecule has 1 unspecified atom stereocenters. The number of unbranched alkanes of at least 4 members (excludes halogenated alkanes) is 1. The molecule has 0 aliphatic rings. The van der Waals surface area contributed by atoms with Crippen molar-refractivity contribution in [2.45, 2.75) is 51.6 Å². The van der Waals surface area contributed by atoms with Crippen LogP contribution < -0.4 is 10.1 Å². The molecular formula is C16H25NO3. The zero-order valence-electron chi connectivity index (χ0n) is 12.6. The summed E-state index contributed by atoms with van der Waals surface area (Å²) in [6, 6.07) is 9.80. The Balaban J connectivity index is 2.29. The SMILES string of the molecule is CC(C)NC(C)(CCCCOc1ccccc1)C(=O)O. The fourth-order valence-corrected chi connectivity index (χ4v) is 2.17. The first-order chi connectivity index (χ1) is 9.44. The van der Waals surface area contributed by atoms with Crippen molar-refractivity contribution in [1.82, 2.24) is 5.32 Å². The largest absolute Gasteiger partial charge is 0.494 e. The van der Waals surface area contributed by atoms with Gasteiger partial charge in [-0.15, -0.1) is 0 Å². The highest BCUT2D eigenvalue weighted by Crippen LogP contribution is 2.16. The Kier molecular flexibility index (Phi) is 6.52. The van der Waals surface area contributed by atoms with Crippen molar-refractivity contribution >= 4 is 5.97 Å². The van der Waals surface area contributed by atoms with Gasteiger partial charge < -0.3 is 9.84 Å². The first-order valence-corrected chi connectivity index (χ1v) is 7.13. The molecule has 0 spiro atoms. The standard InChI is InChI=1S/C16H25NO3/c1-13(2)17-16(3,15(18)19)11-7-8-12-20-14-9-5-4-6-10-14/h4-6,9-10,13,17H,7-8,11-12H2,1-3H3,(H,18,19). The van der Waals surface area contributed by atoms with Crippen molar-refractivity contribution in [3.05, 3.63) is 30.3 Å². The number of carbonyl (C=O) groups is 1. The maximum atomic E-state index is 11.3. The van der Waals surface area contributed by atoms with Gasteiger partial charge in [0.25, 0.3) is 0 Å². The monoisotopic (exact) mass is 279 g/mol. The molecule has 112 valence electrons. The molecule has 0 heterocycles. The second-order valence-electron chi connectivity index (χ2n) is 5.55. The summed E-state index contributed by atoms with van der Waals surface area (Å²) in [6.07, 6.45) is 2.26. The van der Waals surface area contributed by atoms with Crippen LogP contribution in [-0.2, 0) is 4.79 Å². The summed E-state index contributed by atoms with van der Waals surface area (Å²) >= 11 is 0. The second-order valence-corrected chi connectivity index (χ2v) is 5.55. The van der Waals surface area contributed by atoms with Gasteiger partial charge in [-0.3, -0.25) is 10.1 Å². The number of hydrogen-bond donors (Lipinski definition) is 2. The van der Waals surface area contributed by atoms with Crippen LogP contribution in [-0.4, -0.2) is 29.3 Å². The quantitative estimate of drug-likeness (QED) is 0.682. The van der Waals surface area contributed by atoms with E-state index in [0.717, 1.165) is 18.6 Å². The van der Waals surface area contributed by atoms with E-state index < -0.39 is 11.5 Å². The number of carboxylic acids is 1. The zero-order chi connectivity index (χ0) is 15.0. The van der Waals surface area contributed by atoms with E-state index in [2.05, 4.69) is 5.32 Å². The van der Waals surface area contributed by atoms with Gasteiger partial charge in [0.15, 0.2) is 0 Å². The summed E-state index contributed by atoms with van der Waals surface area (Å²) in [7, 11) is 0. The second kappa shape index (κ2) is 7.90. The topological polar surface area (TPSA) is 58.6 Å². The Hall–Kier alpha value is -1.55. The highest BCUT2D eigenvalue weighted by atomic mass is 16.5. The van der Waals surface area contributed by atoms with Crippen LogP contribution in [0.2, 0.25) is 0 Å². The third-order valence-corrected chi connectivity index (χ3v) is 3.16. The maximum absolute atomic E-state index is 11.3. The van der Waals surface area contributed by atoms with Crippen LogP contribution in [0.25, 0.3) is 0 Å². The third kappa shape index (κ3) is 5.61. The van der Waals surface area contributed by atoms with Gasteiger partial charge in [0.05, 0.1) is 6.61 Å². The highest BCUT2D eigenvalue weighted by molar-refractivity contribution is 5.78. The average molecular weight is 279 g/mol. The Morgan fingerprint density at radius 3 is 2.50 bits per heavy atom. The molecule has 4 nitrogen and oxygen atoms in total. The first kappa shape index (κ1) is 16.5. The van der Waals surface area contributed by atoms with E-state index in [4.69, 9.17) is 4.74 Å².